The third kappa shape index (κ3) is 1.39. The van der Waals surface area contributed by atoms with Crippen molar-refractivity contribution in [3.63, 3.8) is 0 Å². The summed E-state index contributed by atoms with van der Waals surface area (Å²) < 4.78 is 5.26. The molecule has 3 aromatic heterocycles. The molecule has 0 saturated carbocycles. The maximum Gasteiger partial charge on any atom is 0.197 e. The summed E-state index contributed by atoms with van der Waals surface area (Å²) in [6.45, 7) is 1.92. The first-order chi connectivity index (χ1) is 7.74. The summed E-state index contributed by atoms with van der Waals surface area (Å²) in [5.41, 5.74) is 1.60. The average molecular weight is 234 g/mol. The van der Waals surface area contributed by atoms with Gasteiger partial charge in [0, 0.05) is 5.39 Å². The molecule has 3 rings (SSSR count). The number of fused-ring (bicyclic) bond motifs is 1. The molecule has 0 aliphatic heterocycles. The molecule has 3 heterocycles. The Morgan fingerprint density at radius 1 is 1.38 bits per heavy atom. The minimum Gasteiger partial charge on any atom is -0.461 e. The summed E-state index contributed by atoms with van der Waals surface area (Å²) in [4.78, 5) is 11.7. The zero-order valence-electron chi connectivity index (χ0n) is 8.49. The number of halogens is 1. The second-order valence-corrected chi connectivity index (χ2v) is 3.90. The van der Waals surface area contributed by atoms with E-state index in [1.165, 1.54) is 0 Å². The molecule has 80 valence electrons. The number of nitrogens with zero attached hydrogens (tertiary/aromatic N) is 2. The molecule has 0 spiro atoms. The number of aromatic nitrogens is 3. The van der Waals surface area contributed by atoms with Gasteiger partial charge in [0.25, 0.3) is 0 Å². The zero-order chi connectivity index (χ0) is 11.1. The fraction of sp³-hybridized carbons (Fsp3) is 0.0909. The Bertz CT molecular complexity index is 643. The molecular weight excluding hydrogens is 226 g/mol. The highest BCUT2D eigenvalue weighted by Crippen LogP contribution is 2.23. The van der Waals surface area contributed by atoms with Crippen molar-refractivity contribution in [2.24, 2.45) is 0 Å². The van der Waals surface area contributed by atoms with E-state index in [4.69, 9.17) is 16.0 Å². The summed E-state index contributed by atoms with van der Waals surface area (Å²) in [6.07, 6.45) is 1.60. The molecule has 0 atom stereocenters. The second-order valence-electron chi connectivity index (χ2n) is 3.49. The van der Waals surface area contributed by atoms with E-state index in [-0.39, 0.29) is 0 Å². The third-order valence-corrected chi connectivity index (χ3v) is 2.59. The Kier molecular flexibility index (Phi) is 1.97. The van der Waals surface area contributed by atoms with Gasteiger partial charge in [0.05, 0.1) is 12.0 Å². The first-order valence-corrected chi connectivity index (χ1v) is 5.18. The van der Waals surface area contributed by atoms with Crippen molar-refractivity contribution in [3.05, 3.63) is 35.3 Å². The Hall–Kier alpha value is -1.81. The van der Waals surface area contributed by atoms with Crippen molar-refractivity contribution in [3.8, 4) is 11.6 Å². The van der Waals surface area contributed by atoms with Crippen molar-refractivity contribution in [2.45, 2.75) is 6.92 Å². The zero-order valence-corrected chi connectivity index (χ0v) is 9.25. The smallest absolute Gasteiger partial charge is 0.197 e. The van der Waals surface area contributed by atoms with Gasteiger partial charge in [-0.2, -0.15) is 0 Å². The molecule has 0 aliphatic rings. The van der Waals surface area contributed by atoms with Crippen LogP contribution in [0.15, 0.2) is 28.9 Å². The van der Waals surface area contributed by atoms with Crippen LogP contribution in [0.1, 0.15) is 5.69 Å². The number of H-pyrrole nitrogens is 1. The van der Waals surface area contributed by atoms with E-state index in [1.807, 2.05) is 19.1 Å². The number of hydrogen-bond donors (Lipinski definition) is 1. The largest absolute Gasteiger partial charge is 0.461 e. The molecule has 3 aromatic rings. The van der Waals surface area contributed by atoms with Gasteiger partial charge in [0.2, 0.25) is 0 Å². The van der Waals surface area contributed by atoms with Crippen LogP contribution >= 0.6 is 11.6 Å². The van der Waals surface area contributed by atoms with Gasteiger partial charge < -0.3 is 9.40 Å². The monoisotopic (exact) mass is 233 g/mol. The lowest BCUT2D eigenvalue weighted by Crippen LogP contribution is -1.91. The average Bonchev–Trinajstić information content (AvgIpc) is 2.84. The molecule has 0 fully saturated rings. The van der Waals surface area contributed by atoms with Crippen LogP contribution in [0.2, 0.25) is 5.15 Å². The number of aromatic amines is 1. The van der Waals surface area contributed by atoms with Gasteiger partial charge in [-0.05, 0) is 25.1 Å². The molecular formula is C11H8ClN3O. The van der Waals surface area contributed by atoms with E-state index >= 15 is 0 Å². The van der Waals surface area contributed by atoms with Crippen LogP contribution in [0.25, 0.3) is 22.6 Å². The van der Waals surface area contributed by atoms with E-state index in [9.17, 15) is 0 Å². The summed E-state index contributed by atoms with van der Waals surface area (Å²) in [7, 11) is 0. The second kappa shape index (κ2) is 3.35. The van der Waals surface area contributed by atoms with Gasteiger partial charge in [0.1, 0.15) is 10.8 Å². The fourth-order valence-corrected chi connectivity index (χ4v) is 1.84. The minimum absolute atomic E-state index is 0.559. The Balaban J connectivity index is 2.28. The molecule has 0 saturated heterocycles. The van der Waals surface area contributed by atoms with E-state index in [1.54, 1.807) is 12.3 Å². The summed E-state index contributed by atoms with van der Waals surface area (Å²) >= 11 is 5.89. The van der Waals surface area contributed by atoms with Gasteiger partial charge in [-0.15, -0.1) is 0 Å². The van der Waals surface area contributed by atoms with E-state index < -0.39 is 0 Å². The van der Waals surface area contributed by atoms with Crippen molar-refractivity contribution >= 4 is 22.6 Å². The highest BCUT2D eigenvalue weighted by molar-refractivity contribution is 6.30. The predicted octanol–water partition coefficient (Wildman–Crippen LogP) is 3.18. The Morgan fingerprint density at radius 2 is 2.25 bits per heavy atom. The molecule has 0 radical (unpaired) electrons. The predicted molar refractivity (Wildman–Crippen MR) is 61.3 cm³/mol. The molecule has 0 unspecified atom stereocenters. The van der Waals surface area contributed by atoms with Gasteiger partial charge in [-0.25, -0.2) is 9.97 Å². The number of furan rings is 1. The standard InChI is InChI=1S/C11H8ClN3O/c1-6-7-5-9(12)14-10(7)15-11(13-6)8-3-2-4-16-8/h2-5H,1H3,(H,13,14,15). The van der Waals surface area contributed by atoms with Crippen LogP contribution in [0, 0.1) is 6.92 Å². The summed E-state index contributed by atoms with van der Waals surface area (Å²) in [6, 6.07) is 5.45. The lowest BCUT2D eigenvalue weighted by Gasteiger charge is -1.98. The SMILES string of the molecule is Cc1nc(-c2ccco2)nc2[nH]c(Cl)cc12. The molecule has 0 bridgehead atoms. The van der Waals surface area contributed by atoms with Crippen LogP contribution in [0.3, 0.4) is 0 Å². The highest BCUT2D eigenvalue weighted by atomic mass is 35.5. The Morgan fingerprint density at radius 3 is 3.00 bits per heavy atom. The summed E-state index contributed by atoms with van der Waals surface area (Å²) in [5, 5.41) is 1.49. The van der Waals surface area contributed by atoms with Gasteiger partial charge in [0.15, 0.2) is 11.6 Å². The maximum atomic E-state index is 5.89. The number of hydrogen-bond acceptors (Lipinski definition) is 3. The van der Waals surface area contributed by atoms with Crippen molar-refractivity contribution in [2.75, 3.05) is 0 Å². The van der Waals surface area contributed by atoms with Crippen LogP contribution < -0.4 is 0 Å². The maximum absolute atomic E-state index is 5.89. The highest BCUT2D eigenvalue weighted by Gasteiger charge is 2.10. The van der Waals surface area contributed by atoms with Gasteiger partial charge >= 0.3 is 0 Å². The number of nitrogens with one attached hydrogen (secondary N) is 1. The minimum atomic E-state index is 0.559. The molecule has 1 N–H and O–H groups in total. The topological polar surface area (TPSA) is 54.7 Å². The molecule has 4 nitrogen and oxygen atoms in total. The lowest BCUT2D eigenvalue weighted by atomic mass is 10.3. The van der Waals surface area contributed by atoms with Gasteiger partial charge in [-0.1, -0.05) is 11.6 Å². The van der Waals surface area contributed by atoms with Crippen LogP contribution in [-0.4, -0.2) is 15.0 Å². The van der Waals surface area contributed by atoms with Crippen LogP contribution in [0.5, 0.6) is 0 Å². The van der Waals surface area contributed by atoms with E-state index in [0.717, 1.165) is 16.7 Å². The van der Waals surface area contributed by atoms with Crippen LogP contribution in [-0.2, 0) is 0 Å². The lowest BCUT2D eigenvalue weighted by molar-refractivity contribution is 0.577. The molecule has 0 aliphatic carbocycles. The van der Waals surface area contributed by atoms with Crippen molar-refractivity contribution in [1.29, 1.82) is 0 Å². The molecule has 16 heavy (non-hydrogen) atoms. The van der Waals surface area contributed by atoms with E-state index in [2.05, 4.69) is 15.0 Å². The fourth-order valence-electron chi connectivity index (χ4n) is 1.64. The number of rotatable bonds is 1. The quantitative estimate of drug-likeness (QED) is 0.702. The van der Waals surface area contributed by atoms with Gasteiger partial charge in [-0.3, -0.25) is 0 Å². The molecule has 5 heteroatoms. The normalized spacial score (nSPS) is 11.1. The first-order valence-electron chi connectivity index (χ1n) is 4.81. The van der Waals surface area contributed by atoms with Crippen molar-refractivity contribution < 1.29 is 4.42 Å². The summed E-state index contributed by atoms with van der Waals surface area (Å²) in [5.74, 6) is 1.21. The van der Waals surface area contributed by atoms with E-state index in [0.29, 0.717) is 16.7 Å². The molecule has 0 aromatic carbocycles. The van der Waals surface area contributed by atoms with Crippen LogP contribution in [0.4, 0.5) is 0 Å². The molecule has 0 amide bonds. The van der Waals surface area contributed by atoms with Crippen molar-refractivity contribution in [1.82, 2.24) is 15.0 Å². The first kappa shape index (κ1) is 9.42. The third-order valence-electron chi connectivity index (χ3n) is 2.39. The number of aryl methyl sites for hydroxylation is 1. The Labute approximate surface area is 96.3 Å².